The zero-order valence-electron chi connectivity index (χ0n) is 19.8. The standard InChI is InChI=1S/C27H27N3O5/c1-3-34-24-15-19(8-9-23(24)35-17-25(31)30-10-12-33-13-11-30)14-20(16-28)27(32)26-18(2)29-22-7-5-4-6-21(22)26/h4-9,14-15,29H,3,10-13,17H2,1-2H3. The van der Waals surface area contributed by atoms with E-state index >= 15 is 0 Å². The summed E-state index contributed by atoms with van der Waals surface area (Å²) < 4.78 is 16.7. The van der Waals surface area contributed by atoms with Crippen LogP contribution >= 0.6 is 0 Å². The van der Waals surface area contributed by atoms with Crippen LogP contribution in [0.3, 0.4) is 0 Å². The van der Waals surface area contributed by atoms with E-state index in [0.717, 1.165) is 10.9 Å². The van der Waals surface area contributed by atoms with Crippen molar-refractivity contribution in [3.63, 3.8) is 0 Å². The summed E-state index contributed by atoms with van der Waals surface area (Å²) in [6.45, 7) is 6.08. The van der Waals surface area contributed by atoms with Gasteiger partial charge < -0.3 is 24.1 Å². The number of aryl methyl sites for hydroxylation is 1. The molecule has 1 saturated heterocycles. The highest BCUT2D eigenvalue weighted by molar-refractivity contribution is 6.20. The lowest BCUT2D eigenvalue weighted by Crippen LogP contribution is -2.43. The molecule has 4 rings (SSSR count). The third-order valence-electron chi connectivity index (χ3n) is 5.78. The Kier molecular flexibility index (Phi) is 7.48. The molecule has 8 nitrogen and oxygen atoms in total. The summed E-state index contributed by atoms with van der Waals surface area (Å²) in [5, 5.41) is 10.5. The second-order valence-corrected chi connectivity index (χ2v) is 8.09. The van der Waals surface area contributed by atoms with E-state index in [0.29, 0.717) is 61.2 Å². The van der Waals surface area contributed by atoms with Crippen LogP contribution in [0, 0.1) is 18.3 Å². The van der Waals surface area contributed by atoms with Gasteiger partial charge in [-0.1, -0.05) is 24.3 Å². The van der Waals surface area contributed by atoms with E-state index in [4.69, 9.17) is 14.2 Å². The molecule has 180 valence electrons. The number of aromatic nitrogens is 1. The van der Waals surface area contributed by atoms with Gasteiger partial charge in [-0.15, -0.1) is 0 Å². The highest BCUT2D eigenvalue weighted by Gasteiger charge is 2.21. The third-order valence-corrected chi connectivity index (χ3v) is 5.78. The predicted octanol–water partition coefficient (Wildman–Crippen LogP) is 3.90. The zero-order valence-corrected chi connectivity index (χ0v) is 19.8. The monoisotopic (exact) mass is 473 g/mol. The van der Waals surface area contributed by atoms with Crippen LogP contribution in [-0.2, 0) is 9.53 Å². The number of nitrogens with one attached hydrogen (secondary N) is 1. The number of Topliss-reactive ketones (excluding diaryl/α,β-unsaturated/α-hetero) is 1. The molecule has 0 atom stereocenters. The van der Waals surface area contributed by atoms with Crippen LogP contribution in [0.5, 0.6) is 11.5 Å². The van der Waals surface area contributed by atoms with Crippen molar-refractivity contribution >= 4 is 28.7 Å². The Morgan fingerprint density at radius 3 is 2.66 bits per heavy atom. The van der Waals surface area contributed by atoms with Crippen molar-refractivity contribution in [3.8, 4) is 17.6 Å². The molecule has 1 aromatic heterocycles. The number of ketones is 1. The number of amides is 1. The third kappa shape index (κ3) is 5.36. The molecule has 0 aliphatic carbocycles. The fourth-order valence-corrected chi connectivity index (χ4v) is 4.06. The molecule has 1 aliphatic heterocycles. The minimum absolute atomic E-state index is 0.0106. The summed E-state index contributed by atoms with van der Waals surface area (Å²) in [7, 11) is 0. The minimum atomic E-state index is -0.350. The number of aromatic amines is 1. The van der Waals surface area contributed by atoms with E-state index in [1.807, 2.05) is 44.2 Å². The first-order chi connectivity index (χ1) is 17.0. The molecule has 1 aliphatic rings. The molecule has 2 aromatic carbocycles. The van der Waals surface area contributed by atoms with E-state index in [2.05, 4.69) is 4.98 Å². The predicted molar refractivity (Wildman–Crippen MR) is 131 cm³/mol. The number of nitrogens with zero attached hydrogens (tertiary/aromatic N) is 2. The average molecular weight is 474 g/mol. The molecule has 3 aromatic rings. The smallest absolute Gasteiger partial charge is 0.260 e. The molecule has 1 N–H and O–H groups in total. The lowest BCUT2D eigenvalue weighted by atomic mass is 9.99. The molecule has 0 unspecified atom stereocenters. The van der Waals surface area contributed by atoms with Gasteiger partial charge in [0.2, 0.25) is 5.78 Å². The lowest BCUT2D eigenvalue weighted by molar-refractivity contribution is -0.137. The maximum Gasteiger partial charge on any atom is 0.260 e. The number of hydrogen-bond acceptors (Lipinski definition) is 6. The Labute approximate surface area is 203 Å². The first kappa shape index (κ1) is 24.0. The minimum Gasteiger partial charge on any atom is -0.490 e. The average Bonchev–Trinajstić information content (AvgIpc) is 3.22. The van der Waals surface area contributed by atoms with Gasteiger partial charge in [0.05, 0.1) is 25.4 Å². The summed E-state index contributed by atoms with van der Waals surface area (Å²) >= 11 is 0. The van der Waals surface area contributed by atoms with Crippen molar-refractivity contribution in [2.24, 2.45) is 0 Å². The van der Waals surface area contributed by atoms with Crippen molar-refractivity contribution in [2.45, 2.75) is 13.8 Å². The molecule has 35 heavy (non-hydrogen) atoms. The number of carbonyl (C=O) groups excluding carboxylic acids is 2. The van der Waals surface area contributed by atoms with Gasteiger partial charge in [0.25, 0.3) is 5.91 Å². The lowest BCUT2D eigenvalue weighted by Gasteiger charge is -2.26. The van der Waals surface area contributed by atoms with Gasteiger partial charge in [0.1, 0.15) is 11.6 Å². The quantitative estimate of drug-likeness (QED) is 0.302. The van der Waals surface area contributed by atoms with Crippen molar-refractivity contribution in [1.82, 2.24) is 9.88 Å². The zero-order chi connectivity index (χ0) is 24.8. The molecular weight excluding hydrogens is 446 g/mol. The number of nitriles is 1. The topological polar surface area (TPSA) is 105 Å². The number of hydrogen-bond donors (Lipinski definition) is 1. The number of carbonyl (C=O) groups is 2. The maximum atomic E-state index is 13.3. The number of H-pyrrole nitrogens is 1. The van der Waals surface area contributed by atoms with Gasteiger partial charge in [-0.3, -0.25) is 9.59 Å². The Bertz CT molecular complexity index is 1310. The van der Waals surface area contributed by atoms with Crippen LogP contribution in [0.2, 0.25) is 0 Å². The Morgan fingerprint density at radius 1 is 1.14 bits per heavy atom. The second kappa shape index (κ2) is 10.9. The van der Waals surface area contributed by atoms with E-state index in [1.165, 1.54) is 6.08 Å². The summed E-state index contributed by atoms with van der Waals surface area (Å²) in [6.07, 6.45) is 1.54. The van der Waals surface area contributed by atoms with E-state index in [-0.39, 0.29) is 23.9 Å². The number of allylic oxidation sites excluding steroid dienone is 1. The molecule has 1 fully saturated rings. The van der Waals surface area contributed by atoms with Crippen LogP contribution in [0.25, 0.3) is 17.0 Å². The first-order valence-electron chi connectivity index (χ1n) is 11.5. The molecule has 0 bridgehead atoms. The number of para-hydroxylation sites is 1. The van der Waals surface area contributed by atoms with Crippen molar-refractivity contribution in [3.05, 3.63) is 64.9 Å². The molecule has 0 saturated carbocycles. The molecule has 8 heteroatoms. The molecular formula is C27H27N3O5. The normalized spacial score (nSPS) is 14.0. The van der Waals surface area contributed by atoms with Gasteiger partial charge in [0, 0.05) is 29.7 Å². The first-order valence-corrected chi connectivity index (χ1v) is 11.5. The fourth-order valence-electron chi connectivity index (χ4n) is 4.06. The highest BCUT2D eigenvalue weighted by atomic mass is 16.5. The molecule has 0 radical (unpaired) electrons. The van der Waals surface area contributed by atoms with Crippen LogP contribution in [0.4, 0.5) is 0 Å². The molecule has 2 heterocycles. The maximum absolute atomic E-state index is 13.3. The summed E-state index contributed by atoms with van der Waals surface area (Å²) in [6, 6.07) is 14.6. The van der Waals surface area contributed by atoms with Crippen LogP contribution < -0.4 is 9.47 Å². The van der Waals surface area contributed by atoms with E-state index < -0.39 is 0 Å². The number of rotatable bonds is 8. The van der Waals surface area contributed by atoms with Crippen LogP contribution in [-0.4, -0.2) is 61.1 Å². The summed E-state index contributed by atoms with van der Waals surface area (Å²) in [5.74, 6) is 0.384. The van der Waals surface area contributed by atoms with Gasteiger partial charge in [-0.25, -0.2) is 0 Å². The summed E-state index contributed by atoms with van der Waals surface area (Å²) in [4.78, 5) is 30.6. The Hall–Kier alpha value is -4.09. The number of ether oxygens (including phenoxy) is 3. The summed E-state index contributed by atoms with van der Waals surface area (Å²) in [5.41, 5.74) is 2.66. The van der Waals surface area contributed by atoms with Gasteiger partial charge in [0.15, 0.2) is 18.1 Å². The number of benzene rings is 2. The SMILES string of the molecule is CCOc1cc(C=C(C#N)C(=O)c2c(C)[nH]c3ccccc23)ccc1OCC(=O)N1CCOCC1. The van der Waals surface area contributed by atoms with Gasteiger partial charge >= 0.3 is 0 Å². The fraction of sp³-hybridized carbons (Fsp3) is 0.296. The van der Waals surface area contributed by atoms with Gasteiger partial charge in [-0.05, 0) is 43.7 Å². The van der Waals surface area contributed by atoms with Crippen LogP contribution in [0.1, 0.15) is 28.5 Å². The highest BCUT2D eigenvalue weighted by Crippen LogP contribution is 2.30. The van der Waals surface area contributed by atoms with Crippen LogP contribution in [0.15, 0.2) is 48.0 Å². The van der Waals surface area contributed by atoms with E-state index in [9.17, 15) is 14.9 Å². The molecule has 0 spiro atoms. The van der Waals surface area contributed by atoms with E-state index in [1.54, 1.807) is 23.1 Å². The Balaban J connectivity index is 1.56. The Morgan fingerprint density at radius 2 is 1.91 bits per heavy atom. The number of morpholine rings is 1. The number of fused-ring (bicyclic) bond motifs is 1. The van der Waals surface area contributed by atoms with Crippen molar-refractivity contribution in [1.29, 1.82) is 5.26 Å². The van der Waals surface area contributed by atoms with Gasteiger partial charge in [-0.2, -0.15) is 5.26 Å². The molecule has 1 amide bonds. The second-order valence-electron chi connectivity index (χ2n) is 8.09. The largest absolute Gasteiger partial charge is 0.490 e. The van der Waals surface area contributed by atoms with Crippen molar-refractivity contribution < 1.29 is 23.8 Å². The van der Waals surface area contributed by atoms with Crippen molar-refractivity contribution in [2.75, 3.05) is 39.5 Å².